The predicted octanol–water partition coefficient (Wildman–Crippen LogP) is 2.23. The van der Waals surface area contributed by atoms with E-state index in [0.29, 0.717) is 5.92 Å². The molecule has 0 N–H and O–H groups in total. The van der Waals surface area contributed by atoms with Gasteiger partial charge in [0.25, 0.3) is 0 Å². The standard InChI is InChI=1S/C11H14O2/c1-3-8-7-9(8)11-10(4-1)12-5-2-6-13-11/h1,3,8-9H,2,4-7H2. The minimum atomic E-state index is 0.645. The molecule has 0 aromatic heterocycles. The lowest BCUT2D eigenvalue weighted by atomic mass is 10.2. The summed E-state index contributed by atoms with van der Waals surface area (Å²) in [4.78, 5) is 0. The van der Waals surface area contributed by atoms with E-state index in [-0.39, 0.29) is 0 Å². The fraction of sp³-hybridized carbons (Fsp3) is 0.636. The van der Waals surface area contributed by atoms with Gasteiger partial charge in [-0.2, -0.15) is 0 Å². The van der Waals surface area contributed by atoms with Crippen LogP contribution in [0.5, 0.6) is 0 Å². The maximum Gasteiger partial charge on any atom is 0.138 e. The zero-order valence-electron chi connectivity index (χ0n) is 7.66. The molecule has 3 rings (SSSR count). The number of rotatable bonds is 0. The third kappa shape index (κ3) is 1.25. The van der Waals surface area contributed by atoms with E-state index in [1.165, 1.54) is 6.42 Å². The van der Waals surface area contributed by atoms with Gasteiger partial charge in [0.1, 0.15) is 11.5 Å². The normalized spacial score (nSPS) is 36.3. The molecule has 1 heterocycles. The number of hydrogen-bond donors (Lipinski definition) is 0. The van der Waals surface area contributed by atoms with Gasteiger partial charge >= 0.3 is 0 Å². The number of fused-ring (bicyclic) bond motifs is 2. The highest BCUT2D eigenvalue weighted by Crippen LogP contribution is 2.49. The fourth-order valence-corrected chi connectivity index (χ4v) is 2.14. The molecule has 2 atom stereocenters. The summed E-state index contributed by atoms with van der Waals surface area (Å²) < 4.78 is 11.4. The van der Waals surface area contributed by atoms with Gasteiger partial charge in [0.05, 0.1) is 13.2 Å². The second-order valence-corrected chi connectivity index (χ2v) is 3.98. The van der Waals surface area contributed by atoms with Crippen LogP contribution < -0.4 is 0 Å². The summed E-state index contributed by atoms with van der Waals surface area (Å²) >= 11 is 0. The van der Waals surface area contributed by atoms with E-state index >= 15 is 0 Å². The van der Waals surface area contributed by atoms with Crippen molar-refractivity contribution in [1.82, 2.24) is 0 Å². The predicted molar refractivity (Wildman–Crippen MR) is 48.9 cm³/mol. The Bertz CT molecular complexity index is 278. The summed E-state index contributed by atoms with van der Waals surface area (Å²) in [6.07, 6.45) is 7.75. The van der Waals surface area contributed by atoms with Crippen LogP contribution in [0.15, 0.2) is 23.7 Å². The van der Waals surface area contributed by atoms with Gasteiger partial charge in [-0.1, -0.05) is 12.2 Å². The molecule has 2 aliphatic carbocycles. The first-order valence-electron chi connectivity index (χ1n) is 5.10. The van der Waals surface area contributed by atoms with Gasteiger partial charge in [-0.3, -0.25) is 0 Å². The molecule has 70 valence electrons. The third-order valence-electron chi connectivity index (χ3n) is 2.96. The molecule has 1 aliphatic heterocycles. The molecule has 13 heavy (non-hydrogen) atoms. The van der Waals surface area contributed by atoms with Gasteiger partial charge in [0, 0.05) is 18.8 Å². The van der Waals surface area contributed by atoms with E-state index in [9.17, 15) is 0 Å². The summed E-state index contributed by atoms with van der Waals surface area (Å²) in [5, 5.41) is 0. The minimum Gasteiger partial charge on any atom is -0.494 e. The van der Waals surface area contributed by atoms with E-state index in [1.54, 1.807) is 0 Å². The monoisotopic (exact) mass is 178 g/mol. The maximum absolute atomic E-state index is 5.76. The molecule has 3 aliphatic rings. The summed E-state index contributed by atoms with van der Waals surface area (Å²) in [5.41, 5.74) is 0. The molecule has 0 spiro atoms. The molecule has 1 saturated carbocycles. The average molecular weight is 178 g/mol. The van der Waals surface area contributed by atoms with Crippen molar-refractivity contribution in [3.8, 4) is 0 Å². The lowest BCUT2D eigenvalue weighted by Gasteiger charge is -2.09. The molecule has 2 nitrogen and oxygen atoms in total. The van der Waals surface area contributed by atoms with Crippen LogP contribution >= 0.6 is 0 Å². The molecule has 0 aromatic carbocycles. The van der Waals surface area contributed by atoms with Gasteiger partial charge in [0.2, 0.25) is 0 Å². The summed E-state index contributed by atoms with van der Waals surface area (Å²) in [5.74, 6) is 3.65. The second kappa shape index (κ2) is 2.79. The smallest absolute Gasteiger partial charge is 0.138 e. The maximum atomic E-state index is 5.76. The quantitative estimate of drug-likeness (QED) is 0.529. The fourth-order valence-electron chi connectivity index (χ4n) is 2.14. The summed E-state index contributed by atoms with van der Waals surface area (Å²) in [7, 11) is 0. The Labute approximate surface area is 78.2 Å². The van der Waals surface area contributed by atoms with Crippen LogP contribution in [0.4, 0.5) is 0 Å². The van der Waals surface area contributed by atoms with E-state index < -0.39 is 0 Å². The van der Waals surface area contributed by atoms with Crippen molar-refractivity contribution in [3.63, 3.8) is 0 Å². The van der Waals surface area contributed by atoms with E-state index in [2.05, 4.69) is 12.2 Å². The van der Waals surface area contributed by atoms with Crippen LogP contribution in [-0.4, -0.2) is 13.2 Å². The lowest BCUT2D eigenvalue weighted by Crippen LogP contribution is -1.98. The number of hydrogen-bond acceptors (Lipinski definition) is 2. The molecule has 0 bridgehead atoms. The van der Waals surface area contributed by atoms with Gasteiger partial charge < -0.3 is 9.47 Å². The molecule has 2 unspecified atom stereocenters. The van der Waals surface area contributed by atoms with Crippen molar-refractivity contribution >= 4 is 0 Å². The molecule has 0 radical (unpaired) electrons. The van der Waals surface area contributed by atoms with Crippen molar-refractivity contribution < 1.29 is 9.47 Å². The van der Waals surface area contributed by atoms with Crippen LogP contribution in [0.2, 0.25) is 0 Å². The molecular weight excluding hydrogens is 164 g/mol. The second-order valence-electron chi connectivity index (χ2n) is 3.98. The van der Waals surface area contributed by atoms with E-state index in [0.717, 1.165) is 43.5 Å². The molecule has 2 heteroatoms. The van der Waals surface area contributed by atoms with Gasteiger partial charge in [-0.05, 0) is 12.3 Å². The highest BCUT2D eigenvalue weighted by atomic mass is 16.5. The van der Waals surface area contributed by atoms with Crippen molar-refractivity contribution in [2.24, 2.45) is 11.8 Å². The Morgan fingerprint density at radius 2 is 2.15 bits per heavy atom. The Hall–Kier alpha value is -0.920. The minimum absolute atomic E-state index is 0.645. The Balaban J connectivity index is 1.91. The zero-order chi connectivity index (χ0) is 8.67. The Kier molecular flexibility index (Phi) is 1.61. The van der Waals surface area contributed by atoms with Gasteiger partial charge in [-0.25, -0.2) is 0 Å². The Morgan fingerprint density at radius 3 is 3.15 bits per heavy atom. The molecule has 0 aromatic rings. The van der Waals surface area contributed by atoms with Crippen LogP contribution in [0.25, 0.3) is 0 Å². The topological polar surface area (TPSA) is 18.5 Å². The van der Waals surface area contributed by atoms with Gasteiger partial charge in [0.15, 0.2) is 0 Å². The first-order valence-corrected chi connectivity index (χ1v) is 5.10. The molecular formula is C11H14O2. The van der Waals surface area contributed by atoms with Crippen molar-refractivity contribution in [3.05, 3.63) is 23.7 Å². The van der Waals surface area contributed by atoms with E-state index in [1.807, 2.05) is 0 Å². The van der Waals surface area contributed by atoms with Crippen LogP contribution in [0.1, 0.15) is 19.3 Å². The lowest BCUT2D eigenvalue weighted by molar-refractivity contribution is 0.196. The van der Waals surface area contributed by atoms with Crippen molar-refractivity contribution in [2.75, 3.05) is 13.2 Å². The summed E-state index contributed by atoms with van der Waals surface area (Å²) in [6.45, 7) is 1.66. The first kappa shape index (κ1) is 7.48. The molecule has 0 amide bonds. The number of ether oxygens (including phenoxy) is 2. The van der Waals surface area contributed by atoms with Crippen LogP contribution in [-0.2, 0) is 9.47 Å². The van der Waals surface area contributed by atoms with Crippen LogP contribution in [0.3, 0.4) is 0 Å². The van der Waals surface area contributed by atoms with Crippen molar-refractivity contribution in [1.29, 1.82) is 0 Å². The Morgan fingerprint density at radius 1 is 1.23 bits per heavy atom. The van der Waals surface area contributed by atoms with Crippen LogP contribution in [0, 0.1) is 11.8 Å². The molecule has 1 fully saturated rings. The highest BCUT2D eigenvalue weighted by molar-refractivity contribution is 5.24. The van der Waals surface area contributed by atoms with Gasteiger partial charge in [-0.15, -0.1) is 0 Å². The van der Waals surface area contributed by atoms with E-state index in [4.69, 9.17) is 9.47 Å². The SMILES string of the molecule is C1=CC2CC2C2=C(C1)OCCCO2. The first-order chi connectivity index (χ1) is 6.45. The number of allylic oxidation sites excluding steroid dienone is 3. The summed E-state index contributed by atoms with van der Waals surface area (Å²) in [6, 6.07) is 0. The van der Waals surface area contributed by atoms with Crippen molar-refractivity contribution in [2.45, 2.75) is 19.3 Å². The average Bonchev–Trinajstić information content (AvgIpc) is 2.83. The highest BCUT2D eigenvalue weighted by Gasteiger charge is 2.42. The molecule has 0 saturated heterocycles. The third-order valence-corrected chi connectivity index (χ3v) is 2.96. The zero-order valence-corrected chi connectivity index (χ0v) is 7.66. The largest absolute Gasteiger partial charge is 0.494 e.